The summed E-state index contributed by atoms with van der Waals surface area (Å²) >= 11 is 0. The van der Waals surface area contributed by atoms with Crippen molar-refractivity contribution < 1.29 is 4.74 Å². The highest BCUT2D eigenvalue weighted by Gasteiger charge is 2.18. The third-order valence-electron chi connectivity index (χ3n) is 4.03. The summed E-state index contributed by atoms with van der Waals surface area (Å²) in [4.78, 5) is 6.72. The normalized spacial score (nSPS) is 16.1. The Labute approximate surface area is 151 Å². The first-order chi connectivity index (χ1) is 10.2. The second-order valence-corrected chi connectivity index (χ2v) is 5.76. The number of nitrogens with one attached hydrogen (secondary N) is 1. The van der Waals surface area contributed by atoms with E-state index in [-0.39, 0.29) is 24.0 Å². The van der Waals surface area contributed by atoms with Crippen LogP contribution in [0.2, 0.25) is 0 Å². The van der Waals surface area contributed by atoms with Crippen LogP contribution in [0.25, 0.3) is 0 Å². The van der Waals surface area contributed by atoms with Crippen LogP contribution in [0.3, 0.4) is 0 Å². The molecule has 0 radical (unpaired) electrons. The first kappa shape index (κ1) is 19.1. The molecule has 0 aliphatic carbocycles. The second-order valence-electron chi connectivity index (χ2n) is 5.76. The van der Waals surface area contributed by atoms with Crippen LogP contribution in [-0.4, -0.2) is 44.1 Å². The Morgan fingerprint density at radius 2 is 2.00 bits per heavy atom. The van der Waals surface area contributed by atoms with Gasteiger partial charge < -0.3 is 15.0 Å². The molecule has 1 aromatic rings. The molecule has 1 aliphatic rings. The number of hydrogen-bond donors (Lipinski definition) is 1. The van der Waals surface area contributed by atoms with Crippen molar-refractivity contribution in [2.75, 3.05) is 33.3 Å². The van der Waals surface area contributed by atoms with E-state index < -0.39 is 0 Å². The van der Waals surface area contributed by atoms with Gasteiger partial charge in [0.1, 0.15) is 12.4 Å². The number of rotatable bonds is 4. The number of benzene rings is 1. The zero-order valence-electron chi connectivity index (χ0n) is 13.8. The van der Waals surface area contributed by atoms with E-state index in [4.69, 9.17) is 4.74 Å². The zero-order valence-corrected chi connectivity index (χ0v) is 16.2. The van der Waals surface area contributed by atoms with Crippen molar-refractivity contribution in [2.45, 2.75) is 26.7 Å². The summed E-state index contributed by atoms with van der Waals surface area (Å²) in [5.74, 6) is 2.79. The molecule has 5 heteroatoms. The highest BCUT2D eigenvalue weighted by molar-refractivity contribution is 14.0. The van der Waals surface area contributed by atoms with Crippen LogP contribution in [0.15, 0.2) is 29.3 Å². The van der Waals surface area contributed by atoms with Gasteiger partial charge in [0.25, 0.3) is 0 Å². The number of likely N-dealkylation sites (tertiary alicyclic amines) is 1. The molecule has 0 saturated carbocycles. The first-order valence-corrected chi connectivity index (χ1v) is 7.84. The predicted molar refractivity (Wildman–Crippen MR) is 103 cm³/mol. The maximum absolute atomic E-state index is 5.80. The number of ether oxygens (including phenoxy) is 1. The van der Waals surface area contributed by atoms with Gasteiger partial charge in [-0.3, -0.25) is 4.99 Å². The number of para-hydroxylation sites is 1. The minimum absolute atomic E-state index is 0. The van der Waals surface area contributed by atoms with Gasteiger partial charge in [0, 0.05) is 20.1 Å². The van der Waals surface area contributed by atoms with Gasteiger partial charge in [0.15, 0.2) is 5.96 Å². The smallest absolute Gasteiger partial charge is 0.193 e. The first-order valence-electron chi connectivity index (χ1n) is 7.84. The van der Waals surface area contributed by atoms with Crippen LogP contribution in [0.1, 0.15) is 25.3 Å². The predicted octanol–water partition coefficient (Wildman–Crippen LogP) is 3.30. The van der Waals surface area contributed by atoms with E-state index in [1.807, 2.05) is 25.2 Å². The monoisotopic (exact) mass is 417 g/mol. The number of piperidine rings is 1. The van der Waals surface area contributed by atoms with E-state index in [1.165, 1.54) is 18.4 Å². The SMILES string of the molecule is CN=C(NCCOc1ccccc1C)N1CCC(C)CC1.I. The zero-order chi connectivity index (χ0) is 15.1. The van der Waals surface area contributed by atoms with Gasteiger partial charge >= 0.3 is 0 Å². The largest absolute Gasteiger partial charge is 0.491 e. The molecule has 1 saturated heterocycles. The molecule has 0 unspecified atom stereocenters. The fourth-order valence-electron chi connectivity index (χ4n) is 2.59. The van der Waals surface area contributed by atoms with E-state index in [2.05, 4.69) is 35.1 Å². The molecule has 0 aromatic heterocycles. The van der Waals surface area contributed by atoms with Gasteiger partial charge in [-0.25, -0.2) is 0 Å². The van der Waals surface area contributed by atoms with Gasteiger partial charge in [0.2, 0.25) is 0 Å². The molecule has 0 amide bonds. The van der Waals surface area contributed by atoms with Gasteiger partial charge in [0.05, 0.1) is 6.54 Å². The third-order valence-corrected chi connectivity index (χ3v) is 4.03. The topological polar surface area (TPSA) is 36.9 Å². The molecule has 0 atom stereocenters. The van der Waals surface area contributed by atoms with Crippen molar-refractivity contribution >= 4 is 29.9 Å². The quantitative estimate of drug-likeness (QED) is 0.354. The molecule has 1 aromatic carbocycles. The standard InChI is InChI=1S/C17H27N3O.HI/c1-14-8-11-20(12-9-14)17(18-3)19-10-13-21-16-7-5-4-6-15(16)2;/h4-7,14H,8-13H2,1-3H3,(H,18,19);1H. The Kier molecular flexibility index (Phi) is 8.60. The number of aliphatic imine (C=N–C) groups is 1. The van der Waals surface area contributed by atoms with Crippen LogP contribution in [0.4, 0.5) is 0 Å². The van der Waals surface area contributed by atoms with Crippen molar-refractivity contribution in [1.82, 2.24) is 10.2 Å². The summed E-state index contributed by atoms with van der Waals surface area (Å²) in [5, 5.41) is 3.39. The van der Waals surface area contributed by atoms with E-state index in [0.29, 0.717) is 6.61 Å². The van der Waals surface area contributed by atoms with Gasteiger partial charge in [-0.2, -0.15) is 0 Å². The van der Waals surface area contributed by atoms with Crippen molar-refractivity contribution in [3.05, 3.63) is 29.8 Å². The summed E-state index contributed by atoms with van der Waals surface area (Å²) in [6.07, 6.45) is 2.50. The molecular weight excluding hydrogens is 389 g/mol. The van der Waals surface area contributed by atoms with E-state index in [0.717, 1.165) is 37.3 Å². The fraction of sp³-hybridized carbons (Fsp3) is 0.588. The molecule has 4 nitrogen and oxygen atoms in total. The molecule has 2 rings (SSSR count). The maximum Gasteiger partial charge on any atom is 0.193 e. The molecule has 1 N–H and O–H groups in total. The Morgan fingerprint density at radius 3 is 2.64 bits per heavy atom. The summed E-state index contributed by atoms with van der Waals surface area (Å²) < 4.78 is 5.80. The lowest BCUT2D eigenvalue weighted by Gasteiger charge is -2.32. The number of nitrogens with zero attached hydrogens (tertiary/aromatic N) is 2. The summed E-state index contributed by atoms with van der Waals surface area (Å²) in [5.41, 5.74) is 1.17. The minimum Gasteiger partial charge on any atom is -0.491 e. The van der Waals surface area contributed by atoms with Crippen LogP contribution in [-0.2, 0) is 0 Å². The van der Waals surface area contributed by atoms with E-state index >= 15 is 0 Å². The van der Waals surface area contributed by atoms with E-state index in [9.17, 15) is 0 Å². The Bertz CT molecular complexity index is 471. The van der Waals surface area contributed by atoms with Crippen molar-refractivity contribution in [3.63, 3.8) is 0 Å². The highest BCUT2D eigenvalue weighted by Crippen LogP contribution is 2.16. The van der Waals surface area contributed by atoms with Crippen molar-refractivity contribution in [1.29, 1.82) is 0 Å². The lowest BCUT2D eigenvalue weighted by atomic mass is 10.00. The lowest BCUT2D eigenvalue weighted by Crippen LogP contribution is -2.46. The second kappa shape index (κ2) is 9.92. The molecule has 0 spiro atoms. The van der Waals surface area contributed by atoms with Crippen LogP contribution >= 0.6 is 24.0 Å². The Hall–Kier alpha value is -0.980. The molecule has 124 valence electrons. The number of hydrogen-bond acceptors (Lipinski definition) is 2. The van der Waals surface area contributed by atoms with Gasteiger partial charge in [-0.1, -0.05) is 25.1 Å². The van der Waals surface area contributed by atoms with Crippen LogP contribution < -0.4 is 10.1 Å². The third kappa shape index (κ3) is 5.66. The Morgan fingerprint density at radius 1 is 1.32 bits per heavy atom. The average molecular weight is 417 g/mol. The van der Waals surface area contributed by atoms with Crippen molar-refractivity contribution in [3.8, 4) is 5.75 Å². The summed E-state index contributed by atoms with van der Waals surface area (Å²) in [6.45, 7) is 8.00. The number of halogens is 1. The Balaban J connectivity index is 0.00000242. The minimum atomic E-state index is 0. The maximum atomic E-state index is 5.80. The highest BCUT2D eigenvalue weighted by atomic mass is 127. The average Bonchev–Trinajstić information content (AvgIpc) is 2.50. The van der Waals surface area contributed by atoms with Crippen molar-refractivity contribution in [2.24, 2.45) is 10.9 Å². The number of aryl methyl sites for hydroxylation is 1. The molecular formula is C17H28IN3O. The van der Waals surface area contributed by atoms with Gasteiger partial charge in [-0.05, 0) is 37.3 Å². The molecule has 0 bridgehead atoms. The molecule has 1 fully saturated rings. The molecule has 1 heterocycles. The molecule has 1 aliphatic heterocycles. The van der Waals surface area contributed by atoms with E-state index in [1.54, 1.807) is 0 Å². The summed E-state index contributed by atoms with van der Waals surface area (Å²) in [6, 6.07) is 8.11. The van der Waals surface area contributed by atoms with Crippen LogP contribution in [0.5, 0.6) is 5.75 Å². The van der Waals surface area contributed by atoms with Crippen LogP contribution in [0, 0.1) is 12.8 Å². The fourth-order valence-corrected chi connectivity index (χ4v) is 2.59. The lowest BCUT2D eigenvalue weighted by molar-refractivity contribution is 0.269. The van der Waals surface area contributed by atoms with Gasteiger partial charge in [-0.15, -0.1) is 24.0 Å². The number of guanidine groups is 1. The molecule has 22 heavy (non-hydrogen) atoms. The summed E-state index contributed by atoms with van der Waals surface area (Å²) in [7, 11) is 1.85.